The molecule has 2 heterocycles. The molecule has 0 aliphatic heterocycles. The van der Waals surface area contributed by atoms with Crippen LogP contribution in [-0.2, 0) is 0 Å². The fraction of sp³-hybridized carbons (Fsp3) is 0.273. The molecule has 2 aromatic heterocycles. The average Bonchev–Trinajstić information content (AvgIpc) is 2.68. The Hall–Kier alpha value is -1.16. The van der Waals surface area contributed by atoms with Crippen molar-refractivity contribution in [3.63, 3.8) is 0 Å². The summed E-state index contributed by atoms with van der Waals surface area (Å²) in [5.74, 6) is 1.28. The van der Waals surface area contributed by atoms with Gasteiger partial charge in [-0.3, -0.25) is 0 Å². The molecular formula is C11H12BrN3. The monoisotopic (exact) mass is 265 g/mol. The lowest BCUT2D eigenvalue weighted by atomic mass is 10.1. The van der Waals surface area contributed by atoms with E-state index in [0.29, 0.717) is 5.92 Å². The first kappa shape index (κ1) is 10.4. The summed E-state index contributed by atoms with van der Waals surface area (Å²) in [6, 6.07) is 5.91. The Kier molecular flexibility index (Phi) is 2.86. The Morgan fingerprint density at radius 1 is 1.27 bits per heavy atom. The maximum atomic E-state index is 4.45. The molecule has 2 rings (SSSR count). The molecule has 2 aromatic rings. The fourth-order valence-corrected chi connectivity index (χ4v) is 1.51. The molecule has 4 heteroatoms. The highest BCUT2D eigenvalue weighted by molar-refractivity contribution is 9.10. The van der Waals surface area contributed by atoms with Crippen LogP contribution in [0.5, 0.6) is 0 Å². The van der Waals surface area contributed by atoms with Crippen LogP contribution in [0.25, 0.3) is 5.82 Å². The van der Waals surface area contributed by atoms with Gasteiger partial charge in [-0.05, 0) is 40.0 Å². The Balaban J connectivity index is 2.33. The number of nitrogens with zero attached hydrogens (tertiary/aromatic N) is 3. The molecule has 15 heavy (non-hydrogen) atoms. The van der Waals surface area contributed by atoms with Crippen molar-refractivity contribution >= 4 is 15.9 Å². The summed E-state index contributed by atoms with van der Waals surface area (Å²) in [6.07, 6.45) is 3.71. The van der Waals surface area contributed by atoms with E-state index in [0.717, 1.165) is 16.0 Å². The Morgan fingerprint density at radius 3 is 2.60 bits per heavy atom. The standard InChI is InChI=1S/C11H12BrN3/c1-8(2)10-5-6-15(14-10)11-4-3-9(12)7-13-11/h3-8H,1-2H3. The van der Waals surface area contributed by atoms with Gasteiger partial charge in [-0.25, -0.2) is 9.67 Å². The Morgan fingerprint density at radius 2 is 2.07 bits per heavy atom. The zero-order chi connectivity index (χ0) is 10.8. The zero-order valence-corrected chi connectivity index (χ0v) is 10.3. The number of halogens is 1. The van der Waals surface area contributed by atoms with Gasteiger partial charge in [0.2, 0.25) is 0 Å². The third kappa shape index (κ3) is 2.26. The molecule has 0 N–H and O–H groups in total. The summed E-state index contributed by atoms with van der Waals surface area (Å²) < 4.78 is 2.77. The van der Waals surface area contributed by atoms with Gasteiger partial charge in [0, 0.05) is 16.9 Å². The van der Waals surface area contributed by atoms with Crippen molar-refractivity contribution in [2.45, 2.75) is 19.8 Å². The SMILES string of the molecule is CC(C)c1ccn(-c2ccc(Br)cn2)n1. The minimum Gasteiger partial charge on any atom is -0.236 e. The molecule has 0 amide bonds. The maximum Gasteiger partial charge on any atom is 0.153 e. The molecule has 0 bridgehead atoms. The first-order valence-corrected chi connectivity index (χ1v) is 5.63. The van der Waals surface area contributed by atoms with E-state index in [2.05, 4.69) is 39.9 Å². The second-order valence-electron chi connectivity index (χ2n) is 3.67. The van der Waals surface area contributed by atoms with Crippen LogP contribution in [0.4, 0.5) is 0 Å². The number of hydrogen-bond acceptors (Lipinski definition) is 2. The van der Waals surface area contributed by atoms with Gasteiger partial charge in [0.25, 0.3) is 0 Å². The highest BCUT2D eigenvalue weighted by Crippen LogP contribution is 2.14. The minimum atomic E-state index is 0.446. The van der Waals surface area contributed by atoms with E-state index in [9.17, 15) is 0 Å². The van der Waals surface area contributed by atoms with Gasteiger partial charge in [-0.1, -0.05) is 13.8 Å². The number of hydrogen-bond donors (Lipinski definition) is 0. The van der Waals surface area contributed by atoms with Crippen molar-refractivity contribution in [1.29, 1.82) is 0 Å². The summed E-state index contributed by atoms with van der Waals surface area (Å²) in [6.45, 7) is 4.25. The third-order valence-corrected chi connectivity index (χ3v) is 2.62. The van der Waals surface area contributed by atoms with Gasteiger partial charge in [0.15, 0.2) is 5.82 Å². The smallest absolute Gasteiger partial charge is 0.153 e. The highest BCUT2D eigenvalue weighted by Gasteiger charge is 2.04. The quantitative estimate of drug-likeness (QED) is 0.835. The van der Waals surface area contributed by atoms with Crippen molar-refractivity contribution in [2.75, 3.05) is 0 Å². The van der Waals surface area contributed by atoms with E-state index in [1.54, 1.807) is 10.9 Å². The lowest BCUT2D eigenvalue weighted by Crippen LogP contribution is -1.99. The van der Waals surface area contributed by atoms with E-state index in [4.69, 9.17) is 0 Å². The molecule has 0 saturated heterocycles. The van der Waals surface area contributed by atoms with E-state index >= 15 is 0 Å². The second kappa shape index (κ2) is 4.14. The van der Waals surface area contributed by atoms with Crippen LogP contribution < -0.4 is 0 Å². The summed E-state index contributed by atoms with van der Waals surface area (Å²) in [5, 5.41) is 4.45. The molecule has 0 atom stereocenters. The van der Waals surface area contributed by atoms with Crippen molar-refractivity contribution < 1.29 is 0 Å². The molecule has 0 spiro atoms. The Bertz CT molecular complexity index is 445. The Labute approximate surface area is 97.3 Å². The van der Waals surface area contributed by atoms with Crippen LogP contribution in [0.15, 0.2) is 35.1 Å². The van der Waals surface area contributed by atoms with E-state index in [-0.39, 0.29) is 0 Å². The second-order valence-corrected chi connectivity index (χ2v) is 4.59. The largest absolute Gasteiger partial charge is 0.236 e. The highest BCUT2D eigenvalue weighted by atomic mass is 79.9. The van der Waals surface area contributed by atoms with Crippen LogP contribution in [0.1, 0.15) is 25.5 Å². The van der Waals surface area contributed by atoms with Crippen LogP contribution in [0.3, 0.4) is 0 Å². The van der Waals surface area contributed by atoms with Crippen molar-refractivity contribution in [3.05, 3.63) is 40.8 Å². The van der Waals surface area contributed by atoms with Gasteiger partial charge in [0.05, 0.1) is 5.69 Å². The molecule has 0 aromatic carbocycles. The van der Waals surface area contributed by atoms with E-state index < -0.39 is 0 Å². The summed E-state index contributed by atoms with van der Waals surface area (Å²) in [4.78, 5) is 4.27. The summed E-state index contributed by atoms with van der Waals surface area (Å²) in [7, 11) is 0. The van der Waals surface area contributed by atoms with Crippen molar-refractivity contribution in [3.8, 4) is 5.82 Å². The predicted molar refractivity (Wildman–Crippen MR) is 63.1 cm³/mol. The van der Waals surface area contributed by atoms with Gasteiger partial charge in [-0.2, -0.15) is 5.10 Å². The normalized spacial score (nSPS) is 10.9. The molecule has 0 fully saturated rings. The lowest BCUT2D eigenvalue weighted by Gasteiger charge is -2.01. The van der Waals surface area contributed by atoms with Crippen LogP contribution in [-0.4, -0.2) is 14.8 Å². The topological polar surface area (TPSA) is 30.7 Å². The molecule has 0 aliphatic rings. The number of aromatic nitrogens is 3. The molecule has 3 nitrogen and oxygen atoms in total. The minimum absolute atomic E-state index is 0.446. The molecule has 0 aliphatic carbocycles. The molecular weight excluding hydrogens is 254 g/mol. The number of pyridine rings is 1. The van der Waals surface area contributed by atoms with Crippen LogP contribution in [0, 0.1) is 0 Å². The molecule has 0 saturated carbocycles. The van der Waals surface area contributed by atoms with Gasteiger partial charge < -0.3 is 0 Å². The average molecular weight is 266 g/mol. The predicted octanol–water partition coefficient (Wildman–Crippen LogP) is 3.15. The molecule has 78 valence electrons. The van der Waals surface area contributed by atoms with E-state index in [1.165, 1.54) is 0 Å². The van der Waals surface area contributed by atoms with Crippen molar-refractivity contribution in [2.24, 2.45) is 0 Å². The number of rotatable bonds is 2. The van der Waals surface area contributed by atoms with Crippen LogP contribution >= 0.6 is 15.9 Å². The van der Waals surface area contributed by atoms with Gasteiger partial charge in [-0.15, -0.1) is 0 Å². The van der Waals surface area contributed by atoms with E-state index in [1.807, 2.05) is 24.4 Å². The van der Waals surface area contributed by atoms with Crippen LogP contribution in [0.2, 0.25) is 0 Å². The maximum absolute atomic E-state index is 4.45. The summed E-state index contributed by atoms with van der Waals surface area (Å²) in [5.41, 5.74) is 1.08. The molecule has 0 unspecified atom stereocenters. The first-order chi connectivity index (χ1) is 7.16. The molecule has 0 radical (unpaired) electrons. The third-order valence-electron chi connectivity index (χ3n) is 2.15. The van der Waals surface area contributed by atoms with Gasteiger partial charge in [0.1, 0.15) is 0 Å². The first-order valence-electron chi connectivity index (χ1n) is 4.84. The fourth-order valence-electron chi connectivity index (χ4n) is 1.28. The summed E-state index contributed by atoms with van der Waals surface area (Å²) >= 11 is 3.35. The van der Waals surface area contributed by atoms with Crippen molar-refractivity contribution in [1.82, 2.24) is 14.8 Å². The lowest BCUT2D eigenvalue weighted by molar-refractivity contribution is 0.757. The zero-order valence-electron chi connectivity index (χ0n) is 8.68. The van der Waals surface area contributed by atoms with Gasteiger partial charge >= 0.3 is 0 Å².